The second-order valence-electron chi connectivity index (χ2n) is 3.28. The average Bonchev–Trinajstić information content (AvgIpc) is 2.19. The third-order valence-corrected chi connectivity index (χ3v) is 2.10. The maximum atomic E-state index is 9.27. The molecular weight excluding hydrogens is 178 g/mol. The molecule has 1 atom stereocenters. The SMILES string of the molecule is CCCNC(CO)c1cccc(O)c1. The number of aliphatic hydroxyl groups is 1. The van der Waals surface area contributed by atoms with Crippen LogP contribution in [0.2, 0.25) is 0 Å². The Hall–Kier alpha value is -1.06. The van der Waals surface area contributed by atoms with E-state index in [9.17, 15) is 5.11 Å². The fraction of sp³-hybridized carbons (Fsp3) is 0.455. The lowest BCUT2D eigenvalue weighted by atomic mass is 10.1. The van der Waals surface area contributed by atoms with Gasteiger partial charge in [0.2, 0.25) is 0 Å². The minimum atomic E-state index is -0.0814. The van der Waals surface area contributed by atoms with Gasteiger partial charge in [0.05, 0.1) is 12.6 Å². The van der Waals surface area contributed by atoms with Gasteiger partial charge in [-0.05, 0) is 30.7 Å². The highest BCUT2D eigenvalue weighted by Gasteiger charge is 2.08. The number of benzene rings is 1. The van der Waals surface area contributed by atoms with Crippen molar-refractivity contribution in [2.45, 2.75) is 19.4 Å². The van der Waals surface area contributed by atoms with Crippen molar-refractivity contribution >= 4 is 0 Å². The molecule has 0 aromatic heterocycles. The molecule has 0 fully saturated rings. The third-order valence-electron chi connectivity index (χ3n) is 2.10. The van der Waals surface area contributed by atoms with Crippen molar-refractivity contribution < 1.29 is 10.2 Å². The zero-order valence-corrected chi connectivity index (χ0v) is 8.40. The van der Waals surface area contributed by atoms with Crippen LogP contribution >= 0.6 is 0 Å². The summed E-state index contributed by atoms with van der Waals surface area (Å²) in [6.07, 6.45) is 1.02. The Morgan fingerprint density at radius 3 is 2.79 bits per heavy atom. The predicted octanol–water partition coefficient (Wildman–Crippen LogP) is 1.43. The molecule has 3 N–H and O–H groups in total. The van der Waals surface area contributed by atoms with E-state index < -0.39 is 0 Å². The lowest BCUT2D eigenvalue weighted by Crippen LogP contribution is -2.24. The number of aliphatic hydroxyl groups excluding tert-OH is 1. The van der Waals surface area contributed by atoms with E-state index in [1.165, 1.54) is 0 Å². The molecule has 14 heavy (non-hydrogen) atoms. The van der Waals surface area contributed by atoms with Crippen molar-refractivity contribution in [3.8, 4) is 5.75 Å². The van der Waals surface area contributed by atoms with Crippen molar-refractivity contribution in [2.24, 2.45) is 0 Å². The van der Waals surface area contributed by atoms with Crippen LogP contribution in [-0.4, -0.2) is 23.4 Å². The van der Waals surface area contributed by atoms with E-state index in [0.717, 1.165) is 18.5 Å². The van der Waals surface area contributed by atoms with E-state index in [1.807, 2.05) is 6.07 Å². The summed E-state index contributed by atoms with van der Waals surface area (Å²) in [6.45, 7) is 2.98. The average molecular weight is 195 g/mol. The van der Waals surface area contributed by atoms with Gasteiger partial charge in [-0.3, -0.25) is 0 Å². The zero-order valence-electron chi connectivity index (χ0n) is 8.40. The van der Waals surface area contributed by atoms with E-state index in [2.05, 4.69) is 12.2 Å². The smallest absolute Gasteiger partial charge is 0.115 e. The van der Waals surface area contributed by atoms with Crippen LogP contribution in [-0.2, 0) is 0 Å². The van der Waals surface area contributed by atoms with Crippen LogP contribution in [0.3, 0.4) is 0 Å². The molecular formula is C11H17NO2. The molecule has 0 saturated carbocycles. The molecule has 3 heteroatoms. The highest BCUT2D eigenvalue weighted by Crippen LogP contribution is 2.17. The molecule has 1 aromatic carbocycles. The van der Waals surface area contributed by atoms with Crippen molar-refractivity contribution in [1.82, 2.24) is 5.32 Å². The summed E-state index contributed by atoms with van der Waals surface area (Å²) in [7, 11) is 0. The molecule has 1 unspecified atom stereocenters. The predicted molar refractivity (Wildman–Crippen MR) is 56.2 cm³/mol. The molecule has 78 valence electrons. The van der Waals surface area contributed by atoms with Crippen molar-refractivity contribution in [1.29, 1.82) is 0 Å². The van der Waals surface area contributed by atoms with E-state index in [-0.39, 0.29) is 18.4 Å². The first-order valence-electron chi connectivity index (χ1n) is 4.91. The molecule has 1 rings (SSSR count). The zero-order chi connectivity index (χ0) is 10.4. The second-order valence-corrected chi connectivity index (χ2v) is 3.28. The lowest BCUT2D eigenvalue weighted by Gasteiger charge is -2.16. The van der Waals surface area contributed by atoms with Crippen LogP contribution in [0, 0.1) is 0 Å². The van der Waals surface area contributed by atoms with Crippen molar-refractivity contribution in [2.75, 3.05) is 13.2 Å². The topological polar surface area (TPSA) is 52.5 Å². The van der Waals surface area contributed by atoms with Gasteiger partial charge in [0, 0.05) is 0 Å². The Labute approximate surface area is 84.4 Å². The van der Waals surface area contributed by atoms with Crippen LogP contribution in [0.15, 0.2) is 24.3 Å². The van der Waals surface area contributed by atoms with Gasteiger partial charge in [-0.15, -0.1) is 0 Å². The number of hydrogen-bond donors (Lipinski definition) is 3. The van der Waals surface area contributed by atoms with Gasteiger partial charge in [-0.2, -0.15) is 0 Å². The van der Waals surface area contributed by atoms with Crippen molar-refractivity contribution in [3.05, 3.63) is 29.8 Å². The lowest BCUT2D eigenvalue weighted by molar-refractivity contribution is 0.244. The van der Waals surface area contributed by atoms with E-state index in [1.54, 1.807) is 18.2 Å². The van der Waals surface area contributed by atoms with Crippen LogP contribution in [0.25, 0.3) is 0 Å². The van der Waals surface area contributed by atoms with Gasteiger partial charge in [0.25, 0.3) is 0 Å². The molecule has 0 aliphatic rings. The molecule has 0 bridgehead atoms. The maximum absolute atomic E-state index is 9.27. The summed E-state index contributed by atoms with van der Waals surface area (Å²) < 4.78 is 0. The Balaban J connectivity index is 2.68. The first-order chi connectivity index (χ1) is 6.77. The highest BCUT2D eigenvalue weighted by molar-refractivity contribution is 5.29. The number of aromatic hydroxyl groups is 1. The fourth-order valence-corrected chi connectivity index (χ4v) is 1.35. The Bertz CT molecular complexity index is 276. The molecule has 0 saturated heterocycles. The molecule has 0 spiro atoms. The van der Waals surface area contributed by atoms with E-state index in [4.69, 9.17) is 5.11 Å². The normalized spacial score (nSPS) is 12.7. The van der Waals surface area contributed by atoms with Gasteiger partial charge in [-0.1, -0.05) is 19.1 Å². The quantitative estimate of drug-likeness (QED) is 0.666. The van der Waals surface area contributed by atoms with Crippen LogP contribution in [0.1, 0.15) is 24.9 Å². The van der Waals surface area contributed by atoms with Gasteiger partial charge >= 0.3 is 0 Å². The van der Waals surface area contributed by atoms with Gasteiger partial charge in [-0.25, -0.2) is 0 Å². The van der Waals surface area contributed by atoms with Gasteiger partial charge < -0.3 is 15.5 Å². The summed E-state index contributed by atoms with van der Waals surface area (Å²) in [5, 5.41) is 21.6. The standard InChI is InChI=1S/C11H17NO2/c1-2-6-12-11(8-13)9-4-3-5-10(14)7-9/h3-5,7,11-14H,2,6,8H2,1H3. The second kappa shape index (κ2) is 5.62. The molecule has 0 aliphatic carbocycles. The number of phenols is 1. The number of phenolic OH excluding ortho intramolecular Hbond substituents is 1. The minimum absolute atomic E-state index is 0.0451. The fourth-order valence-electron chi connectivity index (χ4n) is 1.35. The van der Waals surface area contributed by atoms with Gasteiger partial charge in [0.15, 0.2) is 0 Å². The van der Waals surface area contributed by atoms with E-state index >= 15 is 0 Å². The van der Waals surface area contributed by atoms with Crippen molar-refractivity contribution in [3.63, 3.8) is 0 Å². The summed E-state index contributed by atoms with van der Waals surface area (Å²) >= 11 is 0. The summed E-state index contributed by atoms with van der Waals surface area (Å²) in [5.41, 5.74) is 0.918. The van der Waals surface area contributed by atoms with E-state index in [0.29, 0.717) is 0 Å². The molecule has 3 nitrogen and oxygen atoms in total. The molecule has 1 aromatic rings. The third kappa shape index (κ3) is 3.01. The summed E-state index contributed by atoms with van der Waals surface area (Å²) in [5.74, 6) is 0.235. The first-order valence-corrected chi connectivity index (χ1v) is 4.91. The molecule has 0 aliphatic heterocycles. The largest absolute Gasteiger partial charge is 0.508 e. The maximum Gasteiger partial charge on any atom is 0.115 e. The Morgan fingerprint density at radius 2 is 2.21 bits per heavy atom. The molecule has 0 amide bonds. The monoisotopic (exact) mass is 195 g/mol. The Morgan fingerprint density at radius 1 is 1.43 bits per heavy atom. The van der Waals surface area contributed by atoms with Crippen LogP contribution < -0.4 is 5.32 Å². The number of nitrogens with one attached hydrogen (secondary N) is 1. The highest BCUT2D eigenvalue weighted by atomic mass is 16.3. The Kier molecular flexibility index (Phi) is 4.43. The first kappa shape index (κ1) is 11.0. The number of rotatable bonds is 5. The summed E-state index contributed by atoms with van der Waals surface area (Å²) in [4.78, 5) is 0. The summed E-state index contributed by atoms with van der Waals surface area (Å²) in [6, 6.07) is 6.88. The van der Waals surface area contributed by atoms with Gasteiger partial charge in [0.1, 0.15) is 5.75 Å². The molecule has 0 radical (unpaired) electrons. The van der Waals surface area contributed by atoms with Crippen LogP contribution in [0.5, 0.6) is 5.75 Å². The number of hydrogen-bond acceptors (Lipinski definition) is 3. The minimum Gasteiger partial charge on any atom is -0.508 e. The molecule has 0 heterocycles. The van der Waals surface area contributed by atoms with Crippen LogP contribution in [0.4, 0.5) is 0 Å².